The van der Waals surface area contributed by atoms with Crippen LogP contribution in [0.2, 0.25) is 0 Å². The molecule has 2 rings (SSSR count). The van der Waals surface area contributed by atoms with Crippen molar-refractivity contribution in [3.63, 3.8) is 0 Å². The molecule has 1 unspecified atom stereocenters. The fourth-order valence-corrected chi connectivity index (χ4v) is 4.17. The highest BCUT2D eigenvalue weighted by Gasteiger charge is 2.23. The molecule has 1 atom stereocenters. The molecule has 0 saturated heterocycles. The summed E-state index contributed by atoms with van der Waals surface area (Å²) >= 11 is 0. The molecule has 0 aliphatic heterocycles. The number of amides is 1. The van der Waals surface area contributed by atoms with Crippen LogP contribution in [0.15, 0.2) is 59.5 Å². The van der Waals surface area contributed by atoms with E-state index in [2.05, 4.69) is 5.32 Å². The number of hydrogen-bond acceptors (Lipinski definition) is 3. The molecule has 2 aromatic rings. The number of anilines is 1. The molecule has 5 nitrogen and oxygen atoms in total. The zero-order valence-electron chi connectivity index (χ0n) is 16.3. The Morgan fingerprint density at radius 2 is 1.63 bits per heavy atom. The molecule has 0 spiro atoms. The van der Waals surface area contributed by atoms with Gasteiger partial charge in [-0.05, 0) is 50.1 Å². The minimum atomic E-state index is -3.53. The van der Waals surface area contributed by atoms with Gasteiger partial charge in [-0.1, -0.05) is 43.7 Å². The zero-order valence-corrected chi connectivity index (χ0v) is 17.2. The molecule has 2 aromatic carbocycles. The average Bonchev–Trinajstić information content (AvgIpc) is 2.66. The standard InChI is InChI=1S/C21H28N2O3S/c1-5-9-20(17-10-7-6-8-11-17)21(24)22-18-12-14-19(15-13-18)27(25,26)23(4)16(2)3/h6-8,10-16,20H,5,9H2,1-4H3,(H,22,24). The van der Waals surface area contributed by atoms with E-state index in [4.69, 9.17) is 0 Å². The molecule has 1 amide bonds. The highest BCUT2D eigenvalue weighted by molar-refractivity contribution is 7.89. The third-order valence-electron chi connectivity index (χ3n) is 4.62. The Kier molecular flexibility index (Phi) is 7.16. The van der Waals surface area contributed by atoms with Crippen LogP contribution in [0.1, 0.15) is 45.1 Å². The topological polar surface area (TPSA) is 66.5 Å². The monoisotopic (exact) mass is 388 g/mol. The first-order valence-electron chi connectivity index (χ1n) is 9.21. The molecular weight excluding hydrogens is 360 g/mol. The molecule has 0 heterocycles. The van der Waals surface area contributed by atoms with Crippen molar-refractivity contribution in [1.82, 2.24) is 4.31 Å². The molecule has 6 heteroatoms. The second-order valence-electron chi connectivity index (χ2n) is 6.88. The Bertz CT molecular complexity index is 847. The molecule has 1 N–H and O–H groups in total. The van der Waals surface area contributed by atoms with Gasteiger partial charge in [-0.15, -0.1) is 0 Å². The molecule has 0 aliphatic rings. The van der Waals surface area contributed by atoms with Crippen LogP contribution in [0.4, 0.5) is 5.69 Å². The summed E-state index contributed by atoms with van der Waals surface area (Å²) in [6.45, 7) is 5.70. The van der Waals surface area contributed by atoms with Gasteiger partial charge in [0.05, 0.1) is 10.8 Å². The fourth-order valence-electron chi connectivity index (χ4n) is 2.81. The van der Waals surface area contributed by atoms with E-state index in [9.17, 15) is 13.2 Å². The number of carbonyl (C=O) groups excluding carboxylic acids is 1. The van der Waals surface area contributed by atoms with Gasteiger partial charge in [0.2, 0.25) is 15.9 Å². The van der Waals surface area contributed by atoms with Crippen LogP contribution in [-0.2, 0) is 14.8 Å². The maximum absolute atomic E-state index is 12.7. The van der Waals surface area contributed by atoms with Gasteiger partial charge in [-0.25, -0.2) is 8.42 Å². The molecule has 27 heavy (non-hydrogen) atoms. The fraction of sp³-hybridized carbons (Fsp3) is 0.381. The van der Waals surface area contributed by atoms with E-state index in [1.54, 1.807) is 19.2 Å². The second kappa shape index (κ2) is 9.15. The van der Waals surface area contributed by atoms with Crippen LogP contribution < -0.4 is 5.32 Å². The summed E-state index contributed by atoms with van der Waals surface area (Å²) in [4.78, 5) is 13.0. The van der Waals surface area contributed by atoms with Crippen LogP contribution in [-0.4, -0.2) is 31.7 Å². The summed E-state index contributed by atoms with van der Waals surface area (Å²) in [5.74, 6) is -0.315. The van der Waals surface area contributed by atoms with Crippen LogP contribution >= 0.6 is 0 Å². The summed E-state index contributed by atoms with van der Waals surface area (Å²) in [7, 11) is -1.97. The van der Waals surface area contributed by atoms with Gasteiger partial charge < -0.3 is 5.32 Å². The van der Waals surface area contributed by atoms with Crippen molar-refractivity contribution in [3.8, 4) is 0 Å². The Morgan fingerprint density at radius 1 is 1.04 bits per heavy atom. The van der Waals surface area contributed by atoms with Gasteiger partial charge in [-0.2, -0.15) is 4.31 Å². The maximum atomic E-state index is 12.7. The molecule has 0 aliphatic carbocycles. The number of hydrogen-bond donors (Lipinski definition) is 1. The Morgan fingerprint density at radius 3 is 2.15 bits per heavy atom. The zero-order chi connectivity index (χ0) is 20.0. The van der Waals surface area contributed by atoms with Crippen LogP contribution in [0.3, 0.4) is 0 Å². The van der Waals surface area contributed by atoms with Crippen molar-refractivity contribution in [2.75, 3.05) is 12.4 Å². The van der Waals surface area contributed by atoms with Gasteiger partial charge in [0.15, 0.2) is 0 Å². The Balaban J connectivity index is 2.16. The number of sulfonamides is 1. The number of nitrogens with one attached hydrogen (secondary N) is 1. The van der Waals surface area contributed by atoms with Crippen molar-refractivity contribution < 1.29 is 13.2 Å². The molecular formula is C21H28N2O3S. The average molecular weight is 389 g/mol. The Labute approximate surface area is 162 Å². The van der Waals surface area contributed by atoms with E-state index < -0.39 is 10.0 Å². The first-order chi connectivity index (χ1) is 12.8. The molecule has 146 valence electrons. The number of benzene rings is 2. The van der Waals surface area contributed by atoms with E-state index in [0.717, 1.165) is 18.4 Å². The quantitative estimate of drug-likeness (QED) is 0.736. The van der Waals surface area contributed by atoms with E-state index >= 15 is 0 Å². The predicted molar refractivity (Wildman–Crippen MR) is 109 cm³/mol. The van der Waals surface area contributed by atoms with E-state index in [1.165, 1.54) is 16.4 Å². The first kappa shape index (κ1) is 21.1. The lowest BCUT2D eigenvalue weighted by atomic mass is 9.93. The van der Waals surface area contributed by atoms with E-state index in [1.807, 2.05) is 51.1 Å². The third-order valence-corrected chi connectivity index (χ3v) is 6.67. The smallest absolute Gasteiger partial charge is 0.243 e. The summed E-state index contributed by atoms with van der Waals surface area (Å²) in [5.41, 5.74) is 1.57. The van der Waals surface area contributed by atoms with Crippen molar-refractivity contribution in [2.24, 2.45) is 0 Å². The van der Waals surface area contributed by atoms with Crippen LogP contribution in [0.25, 0.3) is 0 Å². The van der Waals surface area contributed by atoms with Gasteiger partial charge in [-0.3, -0.25) is 4.79 Å². The number of carbonyl (C=O) groups is 1. The summed E-state index contributed by atoms with van der Waals surface area (Å²) in [6.07, 6.45) is 1.65. The Hall–Kier alpha value is -2.18. The molecule has 0 radical (unpaired) electrons. The predicted octanol–water partition coefficient (Wildman–Crippen LogP) is 4.24. The minimum absolute atomic E-state index is 0.0852. The summed E-state index contributed by atoms with van der Waals surface area (Å²) in [6, 6.07) is 15.9. The van der Waals surface area contributed by atoms with Gasteiger partial charge >= 0.3 is 0 Å². The lowest BCUT2D eigenvalue weighted by Crippen LogP contribution is -2.33. The van der Waals surface area contributed by atoms with Crippen molar-refractivity contribution >= 4 is 21.6 Å². The molecule has 0 bridgehead atoms. The lowest BCUT2D eigenvalue weighted by Gasteiger charge is -2.21. The SMILES string of the molecule is CCCC(C(=O)Nc1ccc(S(=O)(=O)N(C)C(C)C)cc1)c1ccccc1. The van der Waals surface area contributed by atoms with Gasteiger partial charge in [0, 0.05) is 18.8 Å². The highest BCUT2D eigenvalue weighted by Crippen LogP contribution is 2.24. The van der Waals surface area contributed by atoms with Crippen molar-refractivity contribution in [3.05, 3.63) is 60.2 Å². The number of rotatable bonds is 8. The molecule has 0 saturated carbocycles. The van der Waals surface area contributed by atoms with Gasteiger partial charge in [0.25, 0.3) is 0 Å². The van der Waals surface area contributed by atoms with Crippen molar-refractivity contribution in [1.29, 1.82) is 0 Å². The summed E-state index contributed by atoms with van der Waals surface area (Å²) in [5, 5.41) is 2.91. The summed E-state index contributed by atoms with van der Waals surface area (Å²) < 4.78 is 26.4. The van der Waals surface area contributed by atoms with Gasteiger partial charge in [0.1, 0.15) is 0 Å². The minimum Gasteiger partial charge on any atom is -0.326 e. The lowest BCUT2D eigenvalue weighted by molar-refractivity contribution is -0.117. The third kappa shape index (κ3) is 5.17. The molecule has 0 aromatic heterocycles. The van der Waals surface area contributed by atoms with Crippen molar-refractivity contribution in [2.45, 2.75) is 50.5 Å². The normalized spacial score (nSPS) is 13.0. The van der Waals surface area contributed by atoms with E-state index in [-0.39, 0.29) is 22.8 Å². The van der Waals surface area contributed by atoms with Crippen LogP contribution in [0, 0.1) is 0 Å². The number of nitrogens with zero attached hydrogens (tertiary/aromatic N) is 1. The van der Waals surface area contributed by atoms with E-state index in [0.29, 0.717) is 5.69 Å². The second-order valence-corrected chi connectivity index (χ2v) is 8.88. The highest BCUT2D eigenvalue weighted by atomic mass is 32.2. The maximum Gasteiger partial charge on any atom is 0.243 e. The molecule has 0 fully saturated rings. The largest absolute Gasteiger partial charge is 0.326 e. The first-order valence-corrected chi connectivity index (χ1v) is 10.6. The van der Waals surface area contributed by atoms with Crippen LogP contribution in [0.5, 0.6) is 0 Å².